The summed E-state index contributed by atoms with van der Waals surface area (Å²) in [5, 5.41) is 11.8. The second-order valence-electron chi connectivity index (χ2n) is 5.08. The summed E-state index contributed by atoms with van der Waals surface area (Å²) < 4.78 is 14.8. The number of benzene rings is 1. The summed E-state index contributed by atoms with van der Waals surface area (Å²) in [6.07, 6.45) is 0. The predicted molar refractivity (Wildman–Crippen MR) is 85.5 cm³/mol. The molecule has 0 bridgehead atoms. The van der Waals surface area contributed by atoms with Crippen LogP contribution >= 0.6 is 11.8 Å². The molecular weight excluding hydrogens is 303 g/mol. The van der Waals surface area contributed by atoms with Crippen LogP contribution in [0.15, 0.2) is 29.4 Å². The van der Waals surface area contributed by atoms with E-state index in [9.17, 15) is 9.18 Å². The summed E-state index contributed by atoms with van der Waals surface area (Å²) in [4.78, 5) is 11.9. The zero-order chi connectivity index (χ0) is 16.1. The number of thioether (sulfide) groups is 1. The first kappa shape index (κ1) is 16.5. The van der Waals surface area contributed by atoms with Crippen LogP contribution in [0.2, 0.25) is 0 Å². The first-order chi connectivity index (χ1) is 10.5. The molecule has 0 aliphatic rings. The highest BCUT2D eigenvalue weighted by Crippen LogP contribution is 2.21. The fraction of sp³-hybridized carbons (Fsp3) is 0.400. The number of aromatic nitrogens is 3. The number of nitrogens with one attached hydrogen (secondary N) is 1. The largest absolute Gasteiger partial charge is 0.325 e. The molecule has 0 spiro atoms. The van der Waals surface area contributed by atoms with Crippen molar-refractivity contribution >= 4 is 23.4 Å². The third kappa shape index (κ3) is 4.07. The zero-order valence-electron chi connectivity index (χ0n) is 12.8. The Labute approximate surface area is 133 Å². The molecule has 118 valence electrons. The third-order valence-corrected chi connectivity index (χ3v) is 4.01. The van der Waals surface area contributed by atoms with Gasteiger partial charge in [0.1, 0.15) is 11.6 Å². The Morgan fingerprint density at radius 1 is 1.32 bits per heavy atom. The fourth-order valence-electron chi connectivity index (χ4n) is 1.99. The number of carbonyl (C=O) groups excluding carboxylic acids is 1. The second-order valence-corrected chi connectivity index (χ2v) is 6.03. The number of carbonyl (C=O) groups is 1. The van der Waals surface area contributed by atoms with Gasteiger partial charge in [0, 0.05) is 18.2 Å². The summed E-state index contributed by atoms with van der Waals surface area (Å²) in [7, 11) is 0. The molecule has 0 atom stereocenters. The average Bonchev–Trinajstić information content (AvgIpc) is 2.90. The van der Waals surface area contributed by atoms with Crippen molar-refractivity contribution in [1.29, 1.82) is 0 Å². The van der Waals surface area contributed by atoms with E-state index in [0.717, 1.165) is 17.5 Å². The Kier molecular flexibility index (Phi) is 5.54. The van der Waals surface area contributed by atoms with Crippen molar-refractivity contribution in [3.8, 4) is 0 Å². The van der Waals surface area contributed by atoms with Crippen molar-refractivity contribution in [2.45, 2.75) is 38.4 Å². The third-order valence-electron chi connectivity index (χ3n) is 3.04. The van der Waals surface area contributed by atoms with Crippen LogP contribution in [-0.4, -0.2) is 26.4 Å². The van der Waals surface area contributed by atoms with E-state index in [1.54, 1.807) is 0 Å². The molecule has 1 aromatic heterocycles. The quantitative estimate of drug-likeness (QED) is 0.829. The van der Waals surface area contributed by atoms with Crippen LogP contribution in [-0.2, 0) is 11.3 Å². The molecule has 1 heterocycles. The first-order valence-corrected chi connectivity index (χ1v) is 8.11. The molecule has 0 aliphatic heterocycles. The average molecular weight is 322 g/mol. The normalized spacial score (nSPS) is 11.0. The van der Waals surface area contributed by atoms with Crippen molar-refractivity contribution in [1.82, 2.24) is 14.8 Å². The minimum absolute atomic E-state index is 0.159. The van der Waals surface area contributed by atoms with Crippen LogP contribution in [0.25, 0.3) is 0 Å². The number of anilines is 1. The van der Waals surface area contributed by atoms with Gasteiger partial charge in [0.25, 0.3) is 0 Å². The van der Waals surface area contributed by atoms with Gasteiger partial charge < -0.3 is 9.88 Å². The lowest BCUT2D eigenvalue weighted by Gasteiger charge is -2.09. The maximum atomic E-state index is 12.8. The molecule has 5 nitrogen and oxygen atoms in total. The minimum Gasteiger partial charge on any atom is -0.325 e. The second kappa shape index (κ2) is 7.40. The molecule has 0 aliphatic carbocycles. The SMILES string of the molecule is CCn1c(SCC(=O)Nc2ccc(F)cc2)nnc1C(C)C. The van der Waals surface area contributed by atoms with Gasteiger partial charge in [-0.05, 0) is 31.2 Å². The molecule has 1 aromatic carbocycles. The van der Waals surface area contributed by atoms with Gasteiger partial charge in [0.05, 0.1) is 5.75 Å². The highest BCUT2D eigenvalue weighted by Gasteiger charge is 2.15. The Morgan fingerprint density at radius 2 is 2.00 bits per heavy atom. The van der Waals surface area contributed by atoms with Crippen molar-refractivity contribution in [3.63, 3.8) is 0 Å². The summed E-state index contributed by atoms with van der Waals surface area (Å²) >= 11 is 1.34. The number of amides is 1. The van der Waals surface area contributed by atoms with E-state index in [2.05, 4.69) is 29.4 Å². The van der Waals surface area contributed by atoms with Crippen molar-refractivity contribution in [3.05, 3.63) is 35.9 Å². The van der Waals surface area contributed by atoms with Gasteiger partial charge in [-0.25, -0.2) is 4.39 Å². The number of nitrogens with zero attached hydrogens (tertiary/aromatic N) is 3. The lowest BCUT2D eigenvalue weighted by Crippen LogP contribution is -2.14. The van der Waals surface area contributed by atoms with Gasteiger partial charge in [-0.15, -0.1) is 10.2 Å². The molecule has 1 N–H and O–H groups in total. The highest BCUT2D eigenvalue weighted by atomic mass is 32.2. The minimum atomic E-state index is -0.329. The topological polar surface area (TPSA) is 59.8 Å². The van der Waals surface area contributed by atoms with Crippen LogP contribution in [0, 0.1) is 5.82 Å². The van der Waals surface area contributed by atoms with E-state index in [1.807, 2.05) is 11.5 Å². The van der Waals surface area contributed by atoms with Gasteiger partial charge in [-0.2, -0.15) is 0 Å². The molecule has 7 heteroatoms. The van der Waals surface area contributed by atoms with E-state index in [4.69, 9.17) is 0 Å². The molecule has 2 rings (SSSR count). The van der Waals surface area contributed by atoms with Gasteiger partial charge >= 0.3 is 0 Å². The summed E-state index contributed by atoms with van der Waals surface area (Å²) in [6, 6.07) is 5.68. The molecular formula is C15H19FN4OS. The highest BCUT2D eigenvalue weighted by molar-refractivity contribution is 7.99. The lowest BCUT2D eigenvalue weighted by molar-refractivity contribution is -0.113. The van der Waals surface area contributed by atoms with E-state index < -0.39 is 0 Å². The van der Waals surface area contributed by atoms with Crippen LogP contribution < -0.4 is 5.32 Å². The van der Waals surface area contributed by atoms with E-state index in [1.165, 1.54) is 36.0 Å². The van der Waals surface area contributed by atoms with Gasteiger partial charge in [-0.1, -0.05) is 25.6 Å². The van der Waals surface area contributed by atoms with Crippen LogP contribution in [0.1, 0.15) is 32.5 Å². The molecule has 1 amide bonds. The maximum Gasteiger partial charge on any atom is 0.234 e. The number of hydrogen-bond acceptors (Lipinski definition) is 4. The fourth-order valence-corrected chi connectivity index (χ4v) is 2.80. The van der Waals surface area contributed by atoms with Crippen LogP contribution in [0.4, 0.5) is 10.1 Å². The number of rotatable bonds is 6. The molecule has 0 radical (unpaired) electrons. The first-order valence-electron chi connectivity index (χ1n) is 7.12. The molecule has 2 aromatic rings. The smallest absolute Gasteiger partial charge is 0.234 e. The van der Waals surface area contributed by atoms with Crippen molar-refractivity contribution in [2.75, 3.05) is 11.1 Å². The van der Waals surface area contributed by atoms with Gasteiger partial charge in [-0.3, -0.25) is 4.79 Å². The molecule has 0 fully saturated rings. The lowest BCUT2D eigenvalue weighted by atomic mass is 10.2. The maximum absolute atomic E-state index is 12.8. The molecule has 0 saturated heterocycles. The zero-order valence-corrected chi connectivity index (χ0v) is 13.7. The molecule has 0 saturated carbocycles. The van der Waals surface area contributed by atoms with E-state index in [-0.39, 0.29) is 23.4 Å². The van der Waals surface area contributed by atoms with Crippen molar-refractivity contribution in [2.24, 2.45) is 0 Å². The van der Waals surface area contributed by atoms with Crippen LogP contribution in [0.5, 0.6) is 0 Å². The Balaban J connectivity index is 1.95. The predicted octanol–water partition coefficient (Wildman–Crippen LogP) is 3.29. The number of hydrogen-bond donors (Lipinski definition) is 1. The van der Waals surface area contributed by atoms with Gasteiger partial charge in [0.15, 0.2) is 5.16 Å². The Hall–Kier alpha value is -1.89. The summed E-state index contributed by atoms with van der Waals surface area (Å²) in [6.45, 7) is 6.91. The monoisotopic (exact) mass is 322 g/mol. The standard InChI is InChI=1S/C15H19FN4OS/c1-4-20-14(10(2)3)18-19-15(20)22-9-13(21)17-12-7-5-11(16)6-8-12/h5-8,10H,4,9H2,1-3H3,(H,17,21). The molecule has 0 unspecified atom stereocenters. The van der Waals surface area contributed by atoms with Crippen LogP contribution in [0.3, 0.4) is 0 Å². The van der Waals surface area contributed by atoms with E-state index >= 15 is 0 Å². The van der Waals surface area contributed by atoms with E-state index in [0.29, 0.717) is 5.69 Å². The van der Waals surface area contributed by atoms with Gasteiger partial charge in [0.2, 0.25) is 5.91 Å². The summed E-state index contributed by atoms with van der Waals surface area (Å²) in [5.41, 5.74) is 0.576. The number of halogens is 1. The van der Waals surface area contributed by atoms with Crippen molar-refractivity contribution < 1.29 is 9.18 Å². The molecule has 22 heavy (non-hydrogen) atoms. The Morgan fingerprint density at radius 3 is 2.59 bits per heavy atom. The summed E-state index contributed by atoms with van der Waals surface area (Å²) in [5.74, 6) is 0.949. The Bertz CT molecular complexity index is 639.